The van der Waals surface area contributed by atoms with Gasteiger partial charge in [0.1, 0.15) is 5.54 Å². The van der Waals surface area contributed by atoms with Crippen LogP contribution in [0.2, 0.25) is 0 Å². The van der Waals surface area contributed by atoms with Crippen molar-refractivity contribution in [2.75, 3.05) is 46.9 Å². The van der Waals surface area contributed by atoms with E-state index in [9.17, 15) is 9.59 Å². The summed E-state index contributed by atoms with van der Waals surface area (Å²) in [6, 6.07) is 0. The first kappa shape index (κ1) is 16.2. The number of rotatable bonds is 7. The van der Waals surface area contributed by atoms with Gasteiger partial charge in [-0.25, -0.2) is 0 Å². The molecule has 21 heavy (non-hydrogen) atoms. The molecule has 0 aromatic heterocycles. The quantitative estimate of drug-likeness (QED) is 0.676. The lowest BCUT2D eigenvalue weighted by atomic mass is 9.94. The molecule has 1 saturated heterocycles. The smallest absolute Gasteiger partial charge is 0.248 e. The molecule has 0 aromatic carbocycles. The van der Waals surface area contributed by atoms with Crippen LogP contribution in [0.25, 0.3) is 0 Å². The van der Waals surface area contributed by atoms with Crippen LogP contribution in [-0.4, -0.2) is 74.1 Å². The molecule has 1 heterocycles. The van der Waals surface area contributed by atoms with Gasteiger partial charge in [-0.1, -0.05) is 0 Å². The molecule has 2 fully saturated rings. The average molecular weight is 297 g/mol. The fourth-order valence-corrected chi connectivity index (χ4v) is 2.75. The summed E-state index contributed by atoms with van der Waals surface area (Å²) in [5.74, 6) is 0.324. The molecule has 6 nitrogen and oxygen atoms in total. The molecule has 1 atom stereocenters. The van der Waals surface area contributed by atoms with Gasteiger partial charge in [0, 0.05) is 26.1 Å². The zero-order chi connectivity index (χ0) is 15.5. The van der Waals surface area contributed by atoms with Crippen molar-refractivity contribution >= 4 is 11.8 Å². The summed E-state index contributed by atoms with van der Waals surface area (Å²) >= 11 is 0. The second-order valence-electron chi connectivity index (χ2n) is 6.48. The predicted molar refractivity (Wildman–Crippen MR) is 79.8 cm³/mol. The van der Waals surface area contributed by atoms with E-state index in [4.69, 9.17) is 4.74 Å². The molecule has 1 aliphatic carbocycles. The van der Waals surface area contributed by atoms with Crippen LogP contribution >= 0.6 is 0 Å². The third-order valence-electron chi connectivity index (χ3n) is 4.32. The van der Waals surface area contributed by atoms with Gasteiger partial charge in [-0.2, -0.15) is 0 Å². The Bertz CT molecular complexity index is 396. The standard InChI is InChI=1S/C15H27N3O3/c1-15(12-4-5-12)14(20)18(7-6-13(19)16-15)9-11-21-10-8-17(2)3/h12H,4-11H2,1-3H3,(H,16,19). The van der Waals surface area contributed by atoms with Crippen molar-refractivity contribution in [2.24, 2.45) is 5.92 Å². The molecule has 120 valence electrons. The SMILES string of the molecule is CN(C)CCOCCN1CCC(=O)NC(C)(C2CC2)C1=O. The number of carbonyl (C=O) groups excluding carboxylic acids is 2. The topological polar surface area (TPSA) is 61.9 Å². The summed E-state index contributed by atoms with van der Waals surface area (Å²) in [4.78, 5) is 28.4. The summed E-state index contributed by atoms with van der Waals surface area (Å²) in [6.07, 6.45) is 2.43. The van der Waals surface area contributed by atoms with Crippen molar-refractivity contribution in [1.82, 2.24) is 15.1 Å². The summed E-state index contributed by atoms with van der Waals surface area (Å²) in [5, 5.41) is 2.94. The average Bonchev–Trinajstić information content (AvgIpc) is 3.24. The van der Waals surface area contributed by atoms with Crippen LogP contribution in [0, 0.1) is 5.92 Å². The van der Waals surface area contributed by atoms with Gasteiger partial charge >= 0.3 is 0 Å². The molecule has 0 aromatic rings. The molecular weight excluding hydrogens is 270 g/mol. The van der Waals surface area contributed by atoms with Crippen molar-refractivity contribution in [3.05, 3.63) is 0 Å². The van der Waals surface area contributed by atoms with E-state index in [1.54, 1.807) is 4.90 Å². The number of ether oxygens (including phenoxy) is 1. The molecule has 2 amide bonds. The number of nitrogens with zero attached hydrogens (tertiary/aromatic N) is 2. The summed E-state index contributed by atoms with van der Waals surface area (Å²) in [5.41, 5.74) is -0.711. The van der Waals surface area contributed by atoms with Gasteiger partial charge in [0.2, 0.25) is 11.8 Å². The monoisotopic (exact) mass is 297 g/mol. The first-order valence-corrected chi connectivity index (χ1v) is 7.76. The molecule has 2 aliphatic rings. The maximum atomic E-state index is 12.7. The number of nitrogens with one attached hydrogen (secondary N) is 1. The molecule has 0 bridgehead atoms. The van der Waals surface area contributed by atoms with E-state index in [1.807, 2.05) is 21.0 Å². The highest BCUT2D eigenvalue weighted by Gasteiger charge is 2.50. The Morgan fingerprint density at radius 3 is 2.67 bits per heavy atom. The lowest BCUT2D eigenvalue weighted by Crippen LogP contribution is -2.57. The van der Waals surface area contributed by atoms with Crippen LogP contribution in [-0.2, 0) is 14.3 Å². The van der Waals surface area contributed by atoms with Crippen LogP contribution in [0.4, 0.5) is 0 Å². The highest BCUT2D eigenvalue weighted by atomic mass is 16.5. The minimum Gasteiger partial charge on any atom is -0.378 e. The number of hydrogen-bond donors (Lipinski definition) is 1. The Hall–Kier alpha value is -1.14. The Balaban J connectivity index is 1.86. The minimum atomic E-state index is -0.711. The van der Waals surface area contributed by atoms with Gasteiger partial charge in [-0.3, -0.25) is 9.59 Å². The maximum Gasteiger partial charge on any atom is 0.248 e. The van der Waals surface area contributed by atoms with Crippen molar-refractivity contribution in [2.45, 2.75) is 31.7 Å². The third kappa shape index (κ3) is 4.17. The van der Waals surface area contributed by atoms with Gasteiger partial charge in [0.15, 0.2) is 0 Å². The van der Waals surface area contributed by atoms with Gasteiger partial charge in [-0.05, 0) is 39.8 Å². The van der Waals surface area contributed by atoms with Gasteiger partial charge in [0.25, 0.3) is 0 Å². The minimum absolute atomic E-state index is 0.0197. The fraction of sp³-hybridized carbons (Fsp3) is 0.867. The summed E-state index contributed by atoms with van der Waals surface area (Å²) in [7, 11) is 4.00. The van der Waals surface area contributed by atoms with Gasteiger partial charge < -0.3 is 19.9 Å². The summed E-state index contributed by atoms with van der Waals surface area (Å²) in [6.45, 7) is 4.97. The van der Waals surface area contributed by atoms with E-state index >= 15 is 0 Å². The van der Waals surface area contributed by atoms with Crippen LogP contribution in [0.3, 0.4) is 0 Å². The summed E-state index contributed by atoms with van der Waals surface area (Å²) < 4.78 is 5.57. The van der Waals surface area contributed by atoms with E-state index < -0.39 is 5.54 Å². The zero-order valence-corrected chi connectivity index (χ0v) is 13.4. The van der Waals surface area contributed by atoms with E-state index in [0.29, 0.717) is 38.6 Å². The molecule has 1 N–H and O–H groups in total. The Morgan fingerprint density at radius 1 is 1.33 bits per heavy atom. The zero-order valence-electron chi connectivity index (χ0n) is 13.4. The van der Waals surface area contributed by atoms with E-state index in [-0.39, 0.29) is 11.8 Å². The molecule has 2 rings (SSSR count). The molecule has 0 spiro atoms. The first-order chi connectivity index (χ1) is 9.93. The maximum absolute atomic E-state index is 12.7. The second kappa shape index (κ2) is 6.75. The van der Waals surface area contributed by atoms with Gasteiger partial charge in [-0.15, -0.1) is 0 Å². The van der Waals surface area contributed by atoms with Gasteiger partial charge in [0.05, 0.1) is 13.2 Å². The predicted octanol–water partition coefficient (Wildman–Crippen LogP) is 0.0818. The molecule has 1 saturated carbocycles. The molecular formula is C15H27N3O3. The van der Waals surface area contributed by atoms with Crippen molar-refractivity contribution in [1.29, 1.82) is 0 Å². The number of amides is 2. The third-order valence-corrected chi connectivity index (χ3v) is 4.32. The lowest BCUT2D eigenvalue weighted by Gasteiger charge is -2.32. The number of likely N-dealkylation sites (N-methyl/N-ethyl adjacent to an activating group) is 1. The second-order valence-corrected chi connectivity index (χ2v) is 6.48. The van der Waals surface area contributed by atoms with Crippen molar-refractivity contribution in [3.63, 3.8) is 0 Å². The normalized spacial score (nSPS) is 27.0. The van der Waals surface area contributed by atoms with Crippen LogP contribution in [0.1, 0.15) is 26.2 Å². The van der Waals surface area contributed by atoms with Crippen LogP contribution in [0.15, 0.2) is 0 Å². The Labute approximate surface area is 126 Å². The molecule has 1 unspecified atom stereocenters. The van der Waals surface area contributed by atoms with Crippen LogP contribution < -0.4 is 5.32 Å². The fourth-order valence-electron chi connectivity index (χ4n) is 2.75. The number of carbonyl (C=O) groups is 2. The highest BCUT2D eigenvalue weighted by molar-refractivity contribution is 5.93. The van der Waals surface area contributed by atoms with E-state index in [0.717, 1.165) is 19.4 Å². The number of hydrogen-bond acceptors (Lipinski definition) is 4. The lowest BCUT2D eigenvalue weighted by molar-refractivity contribution is -0.139. The first-order valence-electron chi connectivity index (χ1n) is 7.76. The van der Waals surface area contributed by atoms with Crippen molar-refractivity contribution < 1.29 is 14.3 Å². The largest absolute Gasteiger partial charge is 0.378 e. The van der Waals surface area contributed by atoms with Crippen LogP contribution in [0.5, 0.6) is 0 Å². The molecule has 1 aliphatic heterocycles. The van der Waals surface area contributed by atoms with E-state index in [2.05, 4.69) is 10.2 Å². The Kier molecular flexibility index (Phi) is 5.22. The van der Waals surface area contributed by atoms with Crippen molar-refractivity contribution in [3.8, 4) is 0 Å². The van der Waals surface area contributed by atoms with E-state index in [1.165, 1.54) is 0 Å². The Morgan fingerprint density at radius 2 is 2.05 bits per heavy atom. The molecule has 6 heteroatoms. The molecule has 0 radical (unpaired) electrons. The highest BCUT2D eigenvalue weighted by Crippen LogP contribution is 2.41.